The Kier molecular flexibility index (Phi) is 6.13. The lowest BCUT2D eigenvalue weighted by atomic mass is 10.3. The van der Waals surface area contributed by atoms with Crippen molar-refractivity contribution >= 4 is 53.5 Å². The first-order valence-electron chi connectivity index (χ1n) is 4.40. The maximum absolute atomic E-state index is 3.47. The van der Waals surface area contributed by atoms with E-state index in [9.17, 15) is 0 Å². The average Bonchev–Trinajstić information content (AvgIpc) is 2.19. The summed E-state index contributed by atoms with van der Waals surface area (Å²) in [4.78, 5) is 2.34. The normalized spacial score (nSPS) is 10.2. The van der Waals surface area contributed by atoms with Crippen LogP contribution >= 0.6 is 47.8 Å². The number of rotatable bonds is 5. The molecule has 0 aliphatic heterocycles. The fourth-order valence-electron chi connectivity index (χ4n) is 1.23. The molecule has 1 aromatic rings. The molecule has 0 unspecified atom stereocenters. The SMILES string of the molecule is BrCCN(CCBr)c1ccc(Br)cc1. The topological polar surface area (TPSA) is 3.24 Å². The van der Waals surface area contributed by atoms with Gasteiger partial charge in [-0.1, -0.05) is 47.8 Å². The van der Waals surface area contributed by atoms with E-state index >= 15 is 0 Å². The minimum Gasteiger partial charge on any atom is -0.370 e. The first-order valence-corrected chi connectivity index (χ1v) is 7.44. The third kappa shape index (κ3) is 3.91. The second-order valence-corrected chi connectivity index (χ2v) is 5.34. The smallest absolute Gasteiger partial charge is 0.0367 e. The standard InChI is InChI=1S/C10H12Br3N/c11-5-7-14(8-6-12)10-3-1-9(13)2-4-10/h1-4H,5-8H2. The van der Waals surface area contributed by atoms with Crippen LogP contribution in [0.3, 0.4) is 0 Å². The van der Waals surface area contributed by atoms with Crippen molar-refractivity contribution in [3.05, 3.63) is 28.7 Å². The van der Waals surface area contributed by atoms with E-state index < -0.39 is 0 Å². The third-order valence-corrected chi connectivity index (χ3v) is 3.14. The highest BCUT2D eigenvalue weighted by Gasteiger charge is 2.03. The molecular formula is C10H12Br3N. The molecule has 0 N–H and O–H groups in total. The number of anilines is 1. The Labute approximate surface area is 110 Å². The monoisotopic (exact) mass is 383 g/mol. The number of hydrogen-bond donors (Lipinski definition) is 0. The maximum atomic E-state index is 3.47. The van der Waals surface area contributed by atoms with Crippen molar-refractivity contribution in [1.82, 2.24) is 0 Å². The minimum absolute atomic E-state index is 0.996. The predicted octanol–water partition coefficient (Wildman–Crippen LogP) is 4.05. The van der Waals surface area contributed by atoms with Gasteiger partial charge in [0, 0.05) is 33.9 Å². The number of nitrogens with zero attached hydrogens (tertiary/aromatic N) is 1. The zero-order valence-electron chi connectivity index (χ0n) is 7.72. The van der Waals surface area contributed by atoms with E-state index in [-0.39, 0.29) is 0 Å². The molecule has 1 nitrogen and oxygen atoms in total. The summed E-state index contributed by atoms with van der Waals surface area (Å²) in [6.07, 6.45) is 0. The molecule has 1 rings (SSSR count). The number of halogens is 3. The molecule has 78 valence electrons. The Balaban J connectivity index is 2.71. The lowest BCUT2D eigenvalue weighted by Gasteiger charge is -2.22. The quantitative estimate of drug-likeness (QED) is 0.691. The van der Waals surface area contributed by atoms with Crippen LogP contribution in [-0.2, 0) is 0 Å². The number of hydrogen-bond acceptors (Lipinski definition) is 1. The van der Waals surface area contributed by atoms with Gasteiger partial charge in [-0.2, -0.15) is 0 Å². The zero-order valence-corrected chi connectivity index (χ0v) is 12.5. The number of alkyl halides is 2. The predicted molar refractivity (Wildman–Crippen MR) is 73.9 cm³/mol. The minimum atomic E-state index is 0.996. The Morgan fingerprint density at radius 3 is 1.86 bits per heavy atom. The van der Waals surface area contributed by atoms with Crippen LogP contribution in [0, 0.1) is 0 Å². The van der Waals surface area contributed by atoms with E-state index in [4.69, 9.17) is 0 Å². The molecule has 0 aliphatic rings. The van der Waals surface area contributed by atoms with E-state index in [0.29, 0.717) is 0 Å². The van der Waals surface area contributed by atoms with Gasteiger partial charge < -0.3 is 4.90 Å². The second-order valence-electron chi connectivity index (χ2n) is 2.84. The molecule has 4 heteroatoms. The molecule has 0 amide bonds. The summed E-state index contributed by atoms with van der Waals surface area (Å²) >= 11 is 10.4. The summed E-state index contributed by atoms with van der Waals surface area (Å²) in [6, 6.07) is 8.42. The van der Waals surface area contributed by atoms with Crippen molar-refractivity contribution in [3.63, 3.8) is 0 Å². The van der Waals surface area contributed by atoms with E-state index in [1.165, 1.54) is 5.69 Å². The van der Waals surface area contributed by atoms with Crippen LogP contribution in [0.25, 0.3) is 0 Å². The highest BCUT2D eigenvalue weighted by atomic mass is 79.9. The summed E-state index contributed by atoms with van der Waals surface area (Å²) in [7, 11) is 0. The highest BCUT2D eigenvalue weighted by Crippen LogP contribution is 2.18. The molecule has 0 radical (unpaired) electrons. The van der Waals surface area contributed by atoms with Crippen molar-refractivity contribution < 1.29 is 0 Å². The summed E-state index contributed by atoms with van der Waals surface area (Å²) in [5, 5.41) is 1.99. The van der Waals surface area contributed by atoms with Crippen LogP contribution in [0.2, 0.25) is 0 Å². The van der Waals surface area contributed by atoms with Gasteiger partial charge >= 0.3 is 0 Å². The van der Waals surface area contributed by atoms with Gasteiger partial charge in [0.2, 0.25) is 0 Å². The van der Waals surface area contributed by atoms with Crippen molar-refractivity contribution in [2.75, 3.05) is 28.6 Å². The van der Waals surface area contributed by atoms with Gasteiger partial charge in [-0.15, -0.1) is 0 Å². The summed E-state index contributed by atoms with van der Waals surface area (Å²) < 4.78 is 1.12. The Morgan fingerprint density at radius 2 is 1.43 bits per heavy atom. The largest absolute Gasteiger partial charge is 0.370 e. The molecule has 14 heavy (non-hydrogen) atoms. The van der Waals surface area contributed by atoms with Crippen LogP contribution in [0.15, 0.2) is 28.7 Å². The van der Waals surface area contributed by atoms with Gasteiger partial charge in [0.15, 0.2) is 0 Å². The van der Waals surface area contributed by atoms with Gasteiger partial charge in [-0.05, 0) is 24.3 Å². The fourth-order valence-corrected chi connectivity index (χ4v) is 2.35. The van der Waals surface area contributed by atoms with Crippen molar-refractivity contribution in [2.45, 2.75) is 0 Å². The van der Waals surface area contributed by atoms with Gasteiger partial charge in [-0.3, -0.25) is 0 Å². The van der Waals surface area contributed by atoms with Gasteiger partial charge in [0.1, 0.15) is 0 Å². The fraction of sp³-hybridized carbons (Fsp3) is 0.400. The highest BCUT2D eigenvalue weighted by molar-refractivity contribution is 9.10. The maximum Gasteiger partial charge on any atom is 0.0367 e. The molecule has 0 atom stereocenters. The van der Waals surface area contributed by atoms with Crippen LogP contribution in [0.1, 0.15) is 0 Å². The lowest BCUT2D eigenvalue weighted by Crippen LogP contribution is -2.27. The lowest BCUT2D eigenvalue weighted by molar-refractivity contribution is 0.885. The van der Waals surface area contributed by atoms with Gasteiger partial charge in [-0.25, -0.2) is 0 Å². The second kappa shape index (κ2) is 6.85. The van der Waals surface area contributed by atoms with E-state index in [1.54, 1.807) is 0 Å². The molecule has 0 saturated heterocycles. The molecular weight excluding hydrogens is 374 g/mol. The molecule has 0 spiro atoms. The Bertz CT molecular complexity index is 255. The average molecular weight is 386 g/mol. The first kappa shape index (κ1) is 12.5. The summed E-state index contributed by atoms with van der Waals surface area (Å²) in [5.41, 5.74) is 1.27. The van der Waals surface area contributed by atoms with Crippen LogP contribution < -0.4 is 4.90 Å². The molecule has 0 saturated carbocycles. The van der Waals surface area contributed by atoms with Crippen LogP contribution in [0.5, 0.6) is 0 Å². The third-order valence-electron chi connectivity index (χ3n) is 1.90. The van der Waals surface area contributed by atoms with E-state index in [2.05, 4.69) is 77.0 Å². The van der Waals surface area contributed by atoms with Crippen LogP contribution in [-0.4, -0.2) is 23.7 Å². The summed E-state index contributed by atoms with van der Waals surface area (Å²) in [6.45, 7) is 2.07. The summed E-state index contributed by atoms with van der Waals surface area (Å²) in [5.74, 6) is 0. The Hall–Kier alpha value is 0.460. The molecule has 0 aromatic heterocycles. The zero-order chi connectivity index (χ0) is 10.4. The Morgan fingerprint density at radius 1 is 0.929 bits per heavy atom. The van der Waals surface area contributed by atoms with Gasteiger partial charge in [0.05, 0.1) is 0 Å². The van der Waals surface area contributed by atoms with Crippen molar-refractivity contribution in [2.24, 2.45) is 0 Å². The molecule has 0 heterocycles. The molecule has 0 fully saturated rings. The van der Waals surface area contributed by atoms with E-state index in [0.717, 1.165) is 28.2 Å². The molecule has 0 aliphatic carbocycles. The first-order chi connectivity index (χ1) is 6.77. The number of benzene rings is 1. The van der Waals surface area contributed by atoms with Crippen LogP contribution in [0.4, 0.5) is 5.69 Å². The molecule has 1 aromatic carbocycles. The van der Waals surface area contributed by atoms with E-state index in [1.807, 2.05) is 0 Å². The molecule has 0 bridgehead atoms. The van der Waals surface area contributed by atoms with Gasteiger partial charge in [0.25, 0.3) is 0 Å². The van der Waals surface area contributed by atoms with Crippen molar-refractivity contribution in [3.8, 4) is 0 Å². The van der Waals surface area contributed by atoms with Crippen molar-refractivity contribution in [1.29, 1.82) is 0 Å².